The van der Waals surface area contributed by atoms with Crippen molar-refractivity contribution in [3.63, 3.8) is 0 Å². The Bertz CT molecular complexity index is 888. The van der Waals surface area contributed by atoms with E-state index < -0.39 is 0 Å². The van der Waals surface area contributed by atoms with Crippen molar-refractivity contribution < 1.29 is 4.74 Å². The highest BCUT2D eigenvalue weighted by atomic mass is 32.1. The van der Waals surface area contributed by atoms with Crippen LogP contribution in [0.4, 0.5) is 0 Å². The molecule has 5 heteroatoms. The summed E-state index contributed by atoms with van der Waals surface area (Å²) in [7, 11) is 4.02. The summed E-state index contributed by atoms with van der Waals surface area (Å²) < 4.78 is 5.82. The fraction of sp³-hybridized carbons (Fsp3) is 0.263. The molecule has 0 unspecified atom stereocenters. The van der Waals surface area contributed by atoms with Crippen molar-refractivity contribution in [2.45, 2.75) is 6.92 Å². The molecule has 122 valence electrons. The average Bonchev–Trinajstić information content (AvgIpc) is 3.01. The van der Waals surface area contributed by atoms with Crippen molar-refractivity contribution in [1.29, 1.82) is 0 Å². The van der Waals surface area contributed by atoms with Gasteiger partial charge in [0.05, 0.1) is 0 Å². The van der Waals surface area contributed by atoms with E-state index in [2.05, 4.69) is 33.6 Å². The van der Waals surface area contributed by atoms with Crippen molar-refractivity contribution in [1.82, 2.24) is 14.9 Å². The normalized spacial score (nSPS) is 10.7. The number of fused-ring (bicyclic) bond motifs is 1. The first kappa shape index (κ1) is 16.4. The lowest BCUT2D eigenvalue weighted by atomic mass is 10.1. The van der Waals surface area contributed by atoms with Crippen LogP contribution in [0.25, 0.3) is 11.0 Å². The summed E-state index contributed by atoms with van der Waals surface area (Å²) in [5.41, 5.74) is 4.45. The van der Waals surface area contributed by atoms with Crippen molar-refractivity contribution in [2.75, 3.05) is 27.2 Å². The molecule has 3 aromatic rings. The van der Waals surface area contributed by atoms with Crippen LogP contribution in [-0.4, -0.2) is 42.1 Å². The monoisotopic (exact) mass is 337 g/mol. The SMILES string of the molecule is Cc1ccc(C#Cc2nc3cscc3nc2OCCN(C)C)cc1. The standard InChI is InChI=1S/C19H19N3OS/c1-14-4-6-15(7-5-14)8-9-16-19(23-11-10-22(2)3)21-18-13-24-12-17(18)20-16/h4-7,12-13H,10-11H2,1-3H3. The number of nitrogens with zero attached hydrogens (tertiary/aromatic N) is 3. The molecule has 0 saturated heterocycles. The Labute approximate surface area is 146 Å². The van der Waals surface area contributed by atoms with E-state index in [4.69, 9.17) is 4.74 Å². The van der Waals surface area contributed by atoms with E-state index in [-0.39, 0.29) is 0 Å². The third-order valence-corrected chi connectivity index (χ3v) is 4.15. The summed E-state index contributed by atoms with van der Waals surface area (Å²) in [6.45, 7) is 3.43. The minimum atomic E-state index is 0.502. The topological polar surface area (TPSA) is 38.3 Å². The van der Waals surface area contributed by atoms with Gasteiger partial charge in [-0.2, -0.15) is 0 Å². The van der Waals surface area contributed by atoms with E-state index in [1.807, 2.05) is 49.1 Å². The predicted molar refractivity (Wildman–Crippen MR) is 98.6 cm³/mol. The second-order valence-corrected chi connectivity index (χ2v) is 6.53. The van der Waals surface area contributed by atoms with Crippen LogP contribution in [0.1, 0.15) is 16.8 Å². The number of hydrogen-bond donors (Lipinski definition) is 0. The highest BCUT2D eigenvalue weighted by Crippen LogP contribution is 2.21. The maximum atomic E-state index is 5.82. The van der Waals surface area contributed by atoms with E-state index in [1.165, 1.54) is 5.56 Å². The third-order valence-electron chi connectivity index (χ3n) is 3.43. The fourth-order valence-corrected chi connectivity index (χ4v) is 2.73. The Balaban J connectivity index is 1.91. The molecule has 0 atom stereocenters. The van der Waals surface area contributed by atoms with Crippen molar-refractivity contribution >= 4 is 22.4 Å². The van der Waals surface area contributed by atoms with Gasteiger partial charge in [0, 0.05) is 22.9 Å². The fourth-order valence-electron chi connectivity index (χ4n) is 2.06. The zero-order valence-electron chi connectivity index (χ0n) is 14.0. The molecule has 0 bridgehead atoms. The molecule has 4 nitrogen and oxygen atoms in total. The Morgan fingerprint density at radius 1 is 1.04 bits per heavy atom. The van der Waals surface area contributed by atoms with Crippen LogP contribution in [-0.2, 0) is 0 Å². The lowest BCUT2D eigenvalue weighted by Gasteiger charge is -2.11. The first-order valence-corrected chi connectivity index (χ1v) is 8.66. The number of hydrogen-bond acceptors (Lipinski definition) is 5. The molecule has 2 aromatic heterocycles. The predicted octanol–water partition coefficient (Wildman–Crippen LogP) is 3.34. The smallest absolute Gasteiger partial charge is 0.249 e. The van der Waals surface area contributed by atoms with Gasteiger partial charge in [0.2, 0.25) is 5.88 Å². The molecular weight excluding hydrogens is 318 g/mol. The number of likely N-dealkylation sites (N-methyl/N-ethyl adjacent to an activating group) is 1. The number of rotatable bonds is 4. The summed E-state index contributed by atoms with van der Waals surface area (Å²) in [6.07, 6.45) is 0. The summed E-state index contributed by atoms with van der Waals surface area (Å²) >= 11 is 1.58. The van der Waals surface area contributed by atoms with E-state index in [9.17, 15) is 0 Å². The number of benzene rings is 1. The Morgan fingerprint density at radius 2 is 1.75 bits per heavy atom. The largest absolute Gasteiger partial charge is 0.474 e. The molecule has 0 aliphatic carbocycles. The van der Waals surface area contributed by atoms with Crippen LogP contribution in [0.3, 0.4) is 0 Å². The van der Waals surface area contributed by atoms with Gasteiger partial charge in [-0.1, -0.05) is 23.6 Å². The lowest BCUT2D eigenvalue weighted by molar-refractivity contribution is 0.253. The van der Waals surface area contributed by atoms with Crippen molar-refractivity contribution in [3.05, 3.63) is 51.8 Å². The van der Waals surface area contributed by atoms with Crippen molar-refractivity contribution in [3.8, 4) is 17.7 Å². The molecule has 2 heterocycles. The molecule has 3 rings (SSSR count). The van der Waals surface area contributed by atoms with E-state index in [0.717, 1.165) is 23.1 Å². The zero-order valence-corrected chi connectivity index (χ0v) is 14.9. The van der Waals surface area contributed by atoms with E-state index in [0.29, 0.717) is 18.2 Å². The summed E-state index contributed by atoms with van der Waals surface area (Å²) in [5, 5.41) is 3.95. The Hall–Kier alpha value is -2.42. The second kappa shape index (κ2) is 7.43. The summed E-state index contributed by atoms with van der Waals surface area (Å²) in [6, 6.07) is 8.11. The van der Waals surface area contributed by atoms with Gasteiger partial charge in [0.15, 0.2) is 5.69 Å². The first-order chi connectivity index (χ1) is 11.6. The number of aromatic nitrogens is 2. The number of aryl methyl sites for hydroxylation is 1. The van der Waals surface area contributed by atoms with Gasteiger partial charge < -0.3 is 9.64 Å². The molecule has 0 aliphatic rings. The molecule has 24 heavy (non-hydrogen) atoms. The highest BCUT2D eigenvalue weighted by Gasteiger charge is 2.09. The molecule has 1 aromatic carbocycles. The van der Waals surface area contributed by atoms with Gasteiger partial charge in [0.25, 0.3) is 0 Å². The number of ether oxygens (including phenoxy) is 1. The Kier molecular flexibility index (Phi) is 5.09. The van der Waals surface area contributed by atoms with Crippen LogP contribution >= 0.6 is 11.3 Å². The van der Waals surface area contributed by atoms with Crippen LogP contribution in [0, 0.1) is 18.8 Å². The lowest BCUT2D eigenvalue weighted by Crippen LogP contribution is -2.20. The molecule has 0 spiro atoms. The van der Waals surface area contributed by atoms with E-state index in [1.54, 1.807) is 11.3 Å². The van der Waals surface area contributed by atoms with Gasteiger partial charge in [-0.3, -0.25) is 0 Å². The maximum Gasteiger partial charge on any atom is 0.249 e. The van der Waals surface area contributed by atoms with Crippen LogP contribution in [0.2, 0.25) is 0 Å². The van der Waals surface area contributed by atoms with Crippen LogP contribution in [0.15, 0.2) is 35.0 Å². The Morgan fingerprint density at radius 3 is 2.46 bits per heavy atom. The van der Waals surface area contributed by atoms with Gasteiger partial charge in [-0.25, -0.2) is 9.97 Å². The van der Waals surface area contributed by atoms with Crippen molar-refractivity contribution in [2.24, 2.45) is 0 Å². The quantitative estimate of drug-likeness (QED) is 0.685. The van der Waals surface area contributed by atoms with Crippen LogP contribution in [0.5, 0.6) is 5.88 Å². The van der Waals surface area contributed by atoms with Gasteiger partial charge in [-0.05, 0) is 39.1 Å². The molecule has 0 N–H and O–H groups in total. The van der Waals surface area contributed by atoms with Crippen LogP contribution < -0.4 is 4.74 Å². The molecule has 0 saturated carbocycles. The highest BCUT2D eigenvalue weighted by molar-refractivity contribution is 7.09. The van der Waals surface area contributed by atoms with Gasteiger partial charge in [0.1, 0.15) is 17.6 Å². The summed E-state index contributed by atoms with van der Waals surface area (Å²) in [5.74, 6) is 6.76. The minimum Gasteiger partial charge on any atom is -0.474 e. The van der Waals surface area contributed by atoms with Gasteiger partial charge >= 0.3 is 0 Å². The first-order valence-electron chi connectivity index (χ1n) is 7.72. The molecule has 0 amide bonds. The molecule has 0 aliphatic heterocycles. The minimum absolute atomic E-state index is 0.502. The molecule has 0 fully saturated rings. The average molecular weight is 337 g/mol. The second-order valence-electron chi connectivity index (χ2n) is 5.79. The molecule has 0 radical (unpaired) electrons. The maximum absolute atomic E-state index is 5.82. The molecular formula is C19H19N3OS. The zero-order chi connectivity index (χ0) is 16.9. The van der Waals surface area contributed by atoms with E-state index >= 15 is 0 Å². The summed E-state index contributed by atoms with van der Waals surface area (Å²) in [4.78, 5) is 11.2. The van der Waals surface area contributed by atoms with Gasteiger partial charge in [-0.15, -0.1) is 11.3 Å². The number of thiophene rings is 1. The third kappa shape index (κ3) is 4.10.